The Labute approximate surface area is 122 Å². The number of likely N-dealkylation sites (tertiary alicyclic amines) is 1. The molecule has 110 valence electrons. The van der Waals surface area contributed by atoms with Crippen LogP contribution in [-0.4, -0.2) is 28.5 Å². The quantitative estimate of drug-likeness (QED) is 0.920. The van der Waals surface area contributed by atoms with E-state index in [1.165, 1.54) is 50.6 Å². The van der Waals surface area contributed by atoms with Crippen molar-refractivity contribution in [3.8, 4) is 0 Å². The third kappa shape index (κ3) is 2.75. The topological polar surface area (TPSA) is 42.1 Å². The smallest absolute Gasteiger partial charge is 0.0514 e. The van der Waals surface area contributed by atoms with Crippen molar-refractivity contribution in [3.63, 3.8) is 0 Å². The molecule has 3 rings (SSSR count). The maximum Gasteiger partial charge on any atom is 0.0514 e. The first-order valence-electron chi connectivity index (χ1n) is 8.18. The Morgan fingerprint density at radius 3 is 2.80 bits per heavy atom. The Morgan fingerprint density at radius 2 is 2.05 bits per heavy atom. The molecule has 3 heteroatoms. The fourth-order valence-corrected chi connectivity index (χ4v) is 4.36. The van der Waals surface area contributed by atoms with Crippen molar-refractivity contribution in [2.75, 3.05) is 6.54 Å². The molecule has 0 spiro atoms. The van der Waals surface area contributed by atoms with E-state index >= 15 is 0 Å². The van der Waals surface area contributed by atoms with E-state index in [0.29, 0.717) is 6.04 Å². The van der Waals surface area contributed by atoms with Crippen molar-refractivity contribution in [1.29, 1.82) is 0 Å². The molecule has 2 heterocycles. The summed E-state index contributed by atoms with van der Waals surface area (Å²) in [4.78, 5) is 7.01. The summed E-state index contributed by atoms with van der Waals surface area (Å²) in [7, 11) is 0. The number of hydrogen-bond acceptors (Lipinski definition) is 3. The van der Waals surface area contributed by atoms with Crippen LogP contribution in [-0.2, 0) is 0 Å². The largest absolute Gasteiger partial charge is 0.326 e. The van der Waals surface area contributed by atoms with Gasteiger partial charge in [0, 0.05) is 24.5 Å². The number of rotatable bonds is 3. The molecule has 1 aliphatic carbocycles. The highest BCUT2D eigenvalue weighted by atomic mass is 15.2. The maximum atomic E-state index is 6.35. The third-order valence-electron chi connectivity index (χ3n) is 5.17. The lowest BCUT2D eigenvalue weighted by atomic mass is 9.77. The zero-order chi connectivity index (χ0) is 13.9. The summed E-state index contributed by atoms with van der Waals surface area (Å²) in [5.74, 6) is 0.899. The van der Waals surface area contributed by atoms with Gasteiger partial charge < -0.3 is 5.73 Å². The molecule has 1 aromatic rings. The van der Waals surface area contributed by atoms with Gasteiger partial charge in [-0.3, -0.25) is 9.88 Å². The van der Waals surface area contributed by atoms with Crippen LogP contribution >= 0.6 is 0 Å². The molecular weight excluding hydrogens is 246 g/mol. The van der Waals surface area contributed by atoms with Gasteiger partial charge in [0.1, 0.15) is 0 Å². The van der Waals surface area contributed by atoms with Crippen molar-refractivity contribution in [1.82, 2.24) is 9.88 Å². The number of hydrogen-bond donors (Lipinski definition) is 1. The highest BCUT2D eigenvalue weighted by Gasteiger charge is 2.38. The molecule has 0 bridgehead atoms. The minimum absolute atomic E-state index is 0.153. The molecule has 2 fully saturated rings. The van der Waals surface area contributed by atoms with Gasteiger partial charge in [0.15, 0.2) is 0 Å². The van der Waals surface area contributed by atoms with Crippen LogP contribution in [0.2, 0.25) is 0 Å². The Hall–Kier alpha value is -0.930. The second-order valence-electron chi connectivity index (χ2n) is 6.58. The third-order valence-corrected chi connectivity index (χ3v) is 5.17. The minimum Gasteiger partial charge on any atom is -0.326 e. The van der Waals surface area contributed by atoms with Crippen LogP contribution in [0.4, 0.5) is 0 Å². The summed E-state index contributed by atoms with van der Waals surface area (Å²) >= 11 is 0. The molecule has 2 N–H and O–H groups in total. The molecule has 20 heavy (non-hydrogen) atoms. The second-order valence-corrected chi connectivity index (χ2v) is 6.58. The van der Waals surface area contributed by atoms with Crippen LogP contribution < -0.4 is 5.73 Å². The van der Waals surface area contributed by atoms with Crippen molar-refractivity contribution < 1.29 is 0 Å². The summed E-state index contributed by atoms with van der Waals surface area (Å²) in [6.07, 6.45) is 12.2. The molecule has 0 amide bonds. The average molecular weight is 273 g/mol. The maximum absolute atomic E-state index is 6.35. The summed E-state index contributed by atoms with van der Waals surface area (Å²) < 4.78 is 0. The first-order chi connectivity index (χ1) is 9.77. The number of piperidine rings is 1. The van der Waals surface area contributed by atoms with Gasteiger partial charge in [-0.05, 0) is 56.7 Å². The Kier molecular flexibility index (Phi) is 4.37. The van der Waals surface area contributed by atoms with E-state index in [4.69, 9.17) is 5.73 Å². The van der Waals surface area contributed by atoms with E-state index in [0.717, 1.165) is 12.0 Å². The van der Waals surface area contributed by atoms with Crippen LogP contribution in [0.3, 0.4) is 0 Å². The van der Waals surface area contributed by atoms with Crippen molar-refractivity contribution in [2.45, 2.75) is 63.6 Å². The van der Waals surface area contributed by atoms with E-state index in [2.05, 4.69) is 22.9 Å². The minimum atomic E-state index is 0.153. The van der Waals surface area contributed by atoms with E-state index in [9.17, 15) is 0 Å². The molecule has 1 saturated carbocycles. The van der Waals surface area contributed by atoms with Gasteiger partial charge in [-0.1, -0.05) is 18.9 Å². The number of pyridine rings is 1. The second kappa shape index (κ2) is 6.23. The molecule has 1 aromatic heterocycles. The lowest BCUT2D eigenvalue weighted by Crippen LogP contribution is -2.52. The molecule has 4 atom stereocenters. The van der Waals surface area contributed by atoms with Gasteiger partial charge in [0.2, 0.25) is 0 Å². The monoisotopic (exact) mass is 273 g/mol. The first-order valence-corrected chi connectivity index (χ1v) is 8.18. The first kappa shape index (κ1) is 14.0. The standard InChI is InChI=1S/C17H27N3/c1-13(18)17(15-7-4-10-19-12-15)20-11-5-8-14-6-2-3-9-16(14)20/h4,7,10,12-14,16-17H,2-3,5-6,8-9,11,18H2,1H3/t13?,14-,16-,17?/m1/s1. The van der Waals surface area contributed by atoms with Crippen LogP contribution in [0.25, 0.3) is 0 Å². The molecule has 0 aromatic carbocycles. The van der Waals surface area contributed by atoms with Gasteiger partial charge in [0.05, 0.1) is 6.04 Å². The number of fused-ring (bicyclic) bond motifs is 1. The van der Waals surface area contributed by atoms with Gasteiger partial charge in [-0.2, -0.15) is 0 Å². The van der Waals surface area contributed by atoms with Gasteiger partial charge >= 0.3 is 0 Å². The van der Waals surface area contributed by atoms with Crippen molar-refractivity contribution in [3.05, 3.63) is 30.1 Å². The molecular formula is C17H27N3. The number of nitrogens with two attached hydrogens (primary N) is 1. The highest BCUT2D eigenvalue weighted by Crippen LogP contribution is 2.40. The zero-order valence-electron chi connectivity index (χ0n) is 12.5. The SMILES string of the molecule is CC(N)C(c1cccnc1)N1CCC[C@H]2CCCC[C@H]21. The number of aromatic nitrogens is 1. The Balaban J connectivity index is 1.86. The lowest BCUT2D eigenvalue weighted by Gasteiger charge is -2.48. The van der Waals surface area contributed by atoms with Gasteiger partial charge in [-0.15, -0.1) is 0 Å². The van der Waals surface area contributed by atoms with E-state index in [1.54, 1.807) is 0 Å². The summed E-state index contributed by atoms with van der Waals surface area (Å²) in [5, 5.41) is 0. The molecule has 3 nitrogen and oxygen atoms in total. The molecule has 2 unspecified atom stereocenters. The predicted octanol–water partition coefficient (Wildman–Crippen LogP) is 3.12. The zero-order valence-corrected chi connectivity index (χ0v) is 12.5. The lowest BCUT2D eigenvalue weighted by molar-refractivity contribution is 0.0177. The van der Waals surface area contributed by atoms with Crippen molar-refractivity contribution in [2.24, 2.45) is 11.7 Å². The Morgan fingerprint density at radius 1 is 1.25 bits per heavy atom. The number of nitrogens with zero attached hydrogens (tertiary/aromatic N) is 2. The van der Waals surface area contributed by atoms with Gasteiger partial charge in [0.25, 0.3) is 0 Å². The molecule has 2 aliphatic rings. The highest BCUT2D eigenvalue weighted by molar-refractivity contribution is 5.17. The molecule has 0 radical (unpaired) electrons. The average Bonchev–Trinajstić information content (AvgIpc) is 2.48. The fourth-order valence-electron chi connectivity index (χ4n) is 4.36. The van der Waals surface area contributed by atoms with E-state index < -0.39 is 0 Å². The predicted molar refractivity (Wildman–Crippen MR) is 82.3 cm³/mol. The molecule has 1 saturated heterocycles. The summed E-state index contributed by atoms with van der Waals surface area (Å²) in [6, 6.07) is 5.45. The van der Waals surface area contributed by atoms with E-state index in [-0.39, 0.29) is 6.04 Å². The summed E-state index contributed by atoms with van der Waals surface area (Å²) in [6.45, 7) is 3.34. The van der Waals surface area contributed by atoms with E-state index in [1.807, 2.05) is 18.5 Å². The normalized spacial score (nSPS) is 30.5. The van der Waals surface area contributed by atoms with Crippen LogP contribution in [0.15, 0.2) is 24.5 Å². The Bertz CT molecular complexity index is 416. The van der Waals surface area contributed by atoms with Gasteiger partial charge in [-0.25, -0.2) is 0 Å². The van der Waals surface area contributed by atoms with Crippen LogP contribution in [0.1, 0.15) is 57.1 Å². The van der Waals surface area contributed by atoms with Crippen molar-refractivity contribution >= 4 is 0 Å². The molecule has 1 aliphatic heterocycles. The summed E-state index contributed by atoms with van der Waals surface area (Å²) in [5.41, 5.74) is 7.64. The fraction of sp³-hybridized carbons (Fsp3) is 0.706. The van der Waals surface area contributed by atoms with Crippen LogP contribution in [0, 0.1) is 5.92 Å². The van der Waals surface area contributed by atoms with Crippen LogP contribution in [0.5, 0.6) is 0 Å².